The molecule has 0 bridgehead atoms. The number of ketones is 1. The van der Waals surface area contributed by atoms with E-state index in [4.69, 9.17) is 16.9 Å². The van der Waals surface area contributed by atoms with Crippen LogP contribution in [0.15, 0.2) is 53.6 Å². The van der Waals surface area contributed by atoms with E-state index < -0.39 is 5.41 Å². The van der Waals surface area contributed by atoms with Gasteiger partial charge in [0, 0.05) is 30.4 Å². The van der Waals surface area contributed by atoms with Crippen LogP contribution in [0.3, 0.4) is 0 Å². The number of fused-ring (bicyclic) bond motifs is 1. The summed E-state index contributed by atoms with van der Waals surface area (Å²) in [5.74, 6) is -0.116. The van der Waals surface area contributed by atoms with Crippen LogP contribution in [0, 0.1) is 10.8 Å². The molecule has 1 saturated heterocycles. The number of hydrogen-bond donors (Lipinski definition) is 4. The number of allylic oxidation sites excluding steroid dienone is 2. The Kier molecular flexibility index (Phi) is 6.39. The van der Waals surface area contributed by atoms with Crippen LogP contribution in [0.5, 0.6) is 0 Å². The van der Waals surface area contributed by atoms with E-state index in [1.165, 1.54) is 0 Å². The lowest BCUT2D eigenvalue weighted by atomic mass is 9.71. The van der Waals surface area contributed by atoms with Gasteiger partial charge in [0.05, 0.1) is 0 Å². The van der Waals surface area contributed by atoms with Gasteiger partial charge in [-0.2, -0.15) is 0 Å². The number of nitrogens with zero attached hydrogens (tertiary/aromatic N) is 1. The molecule has 2 atom stereocenters. The molecule has 0 radical (unpaired) electrons. The van der Waals surface area contributed by atoms with Gasteiger partial charge in [-0.15, -0.1) is 0 Å². The number of para-hydroxylation sites is 1. The number of hydrogen-bond acceptors (Lipinski definition) is 5. The third-order valence-electron chi connectivity index (χ3n) is 6.73. The van der Waals surface area contributed by atoms with Gasteiger partial charge in [-0.05, 0) is 55.6 Å². The summed E-state index contributed by atoms with van der Waals surface area (Å²) < 4.78 is 0. The maximum atomic E-state index is 13.6. The molecule has 2 unspecified atom stereocenters. The highest BCUT2D eigenvalue weighted by Crippen LogP contribution is 2.38. The van der Waals surface area contributed by atoms with Gasteiger partial charge in [0.15, 0.2) is 5.78 Å². The molecule has 1 aromatic carbocycles. The molecule has 0 amide bonds. The zero-order valence-electron chi connectivity index (χ0n) is 18.1. The molecule has 0 saturated carbocycles. The van der Waals surface area contributed by atoms with E-state index >= 15 is 0 Å². The molecule has 1 aromatic rings. The van der Waals surface area contributed by atoms with Gasteiger partial charge in [-0.25, -0.2) is 0 Å². The maximum absolute atomic E-state index is 13.6. The minimum Gasteiger partial charge on any atom is -0.387 e. The summed E-state index contributed by atoms with van der Waals surface area (Å²) in [7, 11) is 0. The Bertz CT molecular complexity index is 947. The second-order valence-corrected chi connectivity index (χ2v) is 8.92. The van der Waals surface area contributed by atoms with E-state index in [1.807, 2.05) is 42.5 Å². The predicted molar refractivity (Wildman–Crippen MR) is 127 cm³/mol. The zero-order chi connectivity index (χ0) is 21.8. The highest BCUT2D eigenvalue weighted by atomic mass is 16.1. The monoisotopic (exact) mass is 419 g/mol. The second kappa shape index (κ2) is 9.20. The molecule has 6 heteroatoms. The third kappa shape index (κ3) is 4.50. The molecule has 3 aliphatic rings. The molecule has 6 nitrogen and oxygen atoms in total. The van der Waals surface area contributed by atoms with Crippen LogP contribution in [-0.2, 0) is 4.79 Å². The molecule has 1 aliphatic carbocycles. The van der Waals surface area contributed by atoms with Crippen molar-refractivity contribution in [2.75, 3.05) is 31.5 Å². The lowest BCUT2D eigenvalue weighted by Crippen LogP contribution is -2.44. The van der Waals surface area contributed by atoms with Crippen molar-refractivity contribution in [1.29, 1.82) is 5.41 Å². The fourth-order valence-corrected chi connectivity index (χ4v) is 4.86. The largest absolute Gasteiger partial charge is 0.387 e. The quantitative estimate of drug-likeness (QED) is 0.294. The fraction of sp³-hybridized carbons (Fsp3) is 0.440. The summed E-state index contributed by atoms with van der Waals surface area (Å²) in [4.78, 5) is 16.0. The Morgan fingerprint density at radius 2 is 2.10 bits per heavy atom. The van der Waals surface area contributed by atoms with Crippen molar-refractivity contribution < 1.29 is 4.79 Å². The standard InChI is InChI=1S/C25H33N5O/c26-20-10-14-30(17-20)13-5-1-4-11-25(24(27)28)12-6-8-21(23(25)31)19-15-18-7-2-3-9-22(18)29-16-19/h2-3,6-9,12,15,20,29H,1,4-5,10-11,13-14,16-17,26H2,(H3,27,28). The Morgan fingerprint density at radius 1 is 1.26 bits per heavy atom. The molecule has 2 heterocycles. The molecular weight excluding hydrogens is 386 g/mol. The minimum absolute atomic E-state index is 0.0551. The number of benzene rings is 1. The van der Waals surface area contributed by atoms with E-state index in [0.29, 0.717) is 24.6 Å². The van der Waals surface area contributed by atoms with Crippen molar-refractivity contribution in [3.63, 3.8) is 0 Å². The summed E-state index contributed by atoms with van der Waals surface area (Å²) >= 11 is 0. The average Bonchev–Trinajstić information content (AvgIpc) is 3.19. The minimum atomic E-state index is -1.03. The number of nitrogens with two attached hydrogens (primary N) is 2. The van der Waals surface area contributed by atoms with E-state index in [1.54, 1.807) is 0 Å². The van der Waals surface area contributed by atoms with Crippen LogP contribution in [0.2, 0.25) is 0 Å². The van der Waals surface area contributed by atoms with E-state index in [2.05, 4.69) is 16.3 Å². The molecule has 0 spiro atoms. The topological polar surface area (TPSA) is 108 Å². The molecule has 2 aliphatic heterocycles. The van der Waals surface area contributed by atoms with Gasteiger partial charge in [0.25, 0.3) is 0 Å². The highest BCUT2D eigenvalue weighted by Gasteiger charge is 2.42. The van der Waals surface area contributed by atoms with Crippen molar-refractivity contribution >= 4 is 23.4 Å². The Labute approximate surface area is 184 Å². The molecule has 31 heavy (non-hydrogen) atoms. The van der Waals surface area contributed by atoms with Gasteiger partial charge < -0.3 is 21.7 Å². The first-order valence-electron chi connectivity index (χ1n) is 11.3. The van der Waals surface area contributed by atoms with Crippen molar-refractivity contribution in [2.45, 2.75) is 38.1 Å². The first-order valence-corrected chi connectivity index (χ1v) is 11.3. The second-order valence-electron chi connectivity index (χ2n) is 8.92. The number of unbranched alkanes of at least 4 members (excludes halogenated alkanes) is 2. The number of rotatable bonds is 8. The molecule has 4 rings (SSSR count). The summed E-state index contributed by atoms with van der Waals surface area (Å²) in [5.41, 5.74) is 14.7. The summed E-state index contributed by atoms with van der Waals surface area (Å²) in [6, 6.07) is 8.38. The number of likely N-dealkylation sites (tertiary alicyclic amines) is 1. The zero-order valence-corrected chi connectivity index (χ0v) is 18.1. The van der Waals surface area contributed by atoms with Gasteiger partial charge in [0.1, 0.15) is 11.3 Å². The van der Waals surface area contributed by atoms with E-state index in [9.17, 15) is 4.79 Å². The summed E-state index contributed by atoms with van der Waals surface area (Å²) in [6.07, 6.45) is 12.3. The Morgan fingerprint density at radius 3 is 2.87 bits per heavy atom. The number of amidine groups is 1. The molecular formula is C25H33N5O. The van der Waals surface area contributed by atoms with Crippen LogP contribution in [-0.4, -0.2) is 48.7 Å². The van der Waals surface area contributed by atoms with Crippen LogP contribution in [0.4, 0.5) is 5.69 Å². The molecule has 1 fully saturated rings. The van der Waals surface area contributed by atoms with Crippen molar-refractivity contribution in [1.82, 2.24) is 4.90 Å². The van der Waals surface area contributed by atoms with Crippen molar-refractivity contribution in [2.24, 2.45) is 16.9 Å². The van der Waals surface area contributed by atoms with Gasteiger partial charge in [-0.1, -0.05) is 49.3 Å². The Balaban J connectivity index is 1.41. The first-order chi connectivity index (χ1) is 15.0. The molecule has 6 N–H and O–H groups in total. The number of carbonyl (C=O) groups is 1. The van der Waals surface area contributed by atoms with Gasteiger partial charge in [-0.3, -0.25) is 10.2 Å². The molecule has 0 aromatic heterocycles. The van der Waals surface area contributed by atoms with Gasteiger partial charge >= 0.3 is 0 Å². The number of anilines is 1. The molecule has 164 valence electrons. The predicted octanol–water partition coefficient (Wildman–Crippen LogP) is 3.08. The Hall–Kier alpha value is -2.70. The van der Waals surface area contributed by atoms with Crippen LogP contribution in [0.1, 0.15) is 37.7 Å². The van der Waals surface area contributed by atoms with E-state index in [-0.39, 0.29) is 11.6 Å². The smallest absolute Gasteiger partial charge is 0.180 e. The first kappa shape index (κ1) is 21.5. The number of carbonyl (C=O) groups excluding carboxylic acids is 1. The number of nitrogens with one attached hydrogen (secondary N) is 2. The van der Waals surface area contributed by atoms with Crippen LogP contribution in [0.25, 0.3) is 6.08 Å². The third-order valence-corrected chi connectivity index (χ3v) is 6.73. The summed E-state index contributed by atoms with van der Waals surface area (Å²) in [6.45, 7) is 3.71. The summed E-state index contributed by atoms with van der Waals surface area (Å²) in [5, 5.41) is 11.6. The highest BCUT2D eigenvalue weighted by molar-refractivity contribution is 6.19. The fourth-order valence-electron chi connectivity index (χ4n) is 4.86. The lowest BCUT2D eigenvalue weighted by Gasteiger charge is -2.32. The van der Waals surface area contributed by atoms with Crippen LogP contribution < -0.4 is 16.8 Å². The maximum Gasteiger partial charge on any atom is 0.180 e. The average molecular weight is 420 g/mol. The normalized spacial score (nSPS) is 25.6. The van der Waals surface area contributed by atoms with Crippen LogP contribution >= 0.6 is 0 Å². The van der Waals surface area contributed by atoms with Crippen molar-refractivity contribution in [3.8, 4) is 0 Å². The number of Topliss-reactive ketones (excluding diaryl/α,β-unsaturated/α-hetero) is 1. The lowest BCUT2D eigenvalue weighted by molar-refractivity contribution is -0.120. The van der Waals surface area contributed by atoms with E-state index in [0.717, 1.165) is 62.1 Å². The van der Waals surface area contributed by atoms with Crippen molar-refractivity contribution in [3.05, 3.63) is 59.2 Å². The van der Waals surface area contributed by atoms with Gasteiger partial charge in [0.2, 0.25) is 0 Å². The SMILES string of the molecule is N=C(N)C1(CCCCCN2CCC(N)C2)C=CC=C(C2=Cc3ccccc3NC2)C1=O.